The molecule has 212 valence electrons. The Morgan fingerprint density at radius 3 is 2.35 bits per heavy atom. The molecule has 1 heterocycles. The van der Waals surface area contributed by atoms with E-state index < -0.39 is 61.5 Å². The summed E-state index contributed by atoms with van der Waals surface area (Å²) in [7, 11) is -1.98. The number of alkyl carbamates (subject to hydrolysis) is 1. The molecule has 37 heavy (non-hydrogen) atoms. The van der Waals surface area contributed by atoms with E-state index in [0.29, 0.717) is 0 Å². The zero-order chi connectivity index (χ0) is 28.4. The number of amides is 2. The summed E-state index contributed by atoms with van der Waals surface area (Å²) < 4.78 is 42.2. The summed E-state index contributed by atoms with van der Waals surface area (Å²) in [6.45, 7) is 7.30. The topological polar surface area (TPSA) is 182 Å². The first-order chi connectivity index (χ1) is 17.0. The van der Waals surface area contributed by atoms with Gasteiger partial charge in [0, 0.05) is 23.1 Å². The van der Waals surface area contributed by atoms with Crippen LogP contribution in [0.15, 0.2) is 0 Å². The summed E-state index contributed by atoms with van der Waals surface area (Å²) in [6, 6.07) is -1.20. The van der Waals surface area contributed by atoms with Crippen LogP contribution < -0.4 is 10.6 Å². The Morgan fingerprint density at radius 2 is 1.78 bits per heavy atom. The van der Waals surface area contributed by atoms with Gasteiger partial charge in [-0.15, -0.1) is 0 Å². The molecule has 0 aromatic rings. The highest BCUT2D eigenvalue weighted by atomic mass is 32.2. The van der Waals surface area contributed by atoms with Gasteiger partial charge in [-0.3, -0.25) is 23.4 Å². The highest BCUT2D eigenvalue weighted by Gasteiger charge is 2.49. The van der Waals surface area contributed by atoms with Crippen molar-refractivity contribution in [3.63, 3.8) is 0 Å². The lowest BCUT2D eigenvalue weighted by molar-refractivity contribution is -0.144. The third-order valence-electron chi connectivity index (χ3n) is 4.81. The van der Waals surface area contributed by atoms with Gasteiger partial charge in [-0.1, -0.05) is 46.4 Å². The molecule has 16 heteroatoms. The number of phosphoric acid groups is 1. The van der Waals surface area contributed by atoms with Crippen molar-refractivity contribution in [3.8, 4) is 0 Å². The van der Waals surface area contributed by atoms with Gasteiger partial charge in [0.05, 0.1) is 27.2 Å². The summed E-state index contributed by atoms with van der Waals surface area (Å²) >= 11 is 0.845. The molecule has 2 N–H and O–H groups in total. The Balaban J connectivity index is 2.65. The highest BCUT2D eigenvalue weighted by Crippen LogP contribution is 2.57. The molecular formula is C21H35N2O12PS. The fourth-order valence-corrected chi connectivity index (χ4v) is 5.07. The van der Waals surface area contributed by atoms with E-state index in [2.05, 4.69) is 20.1 Å². The summed E-state index contributed by atoms with van der Waals surface area (Å²) in [4.78, 5) is 60.0. The van der Waals surface area contributed by atoms with Gasteiger partial charge >= 0.3 is 25.9 Å². The maximum atomic E-state index is 12.8. The second-order valence-electron chi connectivity index (χ2n) is 9.56. The van der Waals surface area contributed by atoms with E-state index in [4.69, 9.17) is 18.3 Å². The molecule has 2 amide bonds. The molecule has 0 aromatic heterocycles. The van der Waals surface area contributed by atoms with Crippen LogP contribution >= 0.6 is 19.6 Å². The molecule has 0 bridgehead atoms. The van der Waals surface area contributed by atoms with Gasteiger partial charge in [0.1, 0.15) is 6.04 Å². The first kappa shape index (κ1) is 32.8. The minimum atomic E-state index is -4.32. The van der Waals surface area contributed by atoms with E-state index in [1.54, 1.807) is 34.6 Å². The second-order valence-corrected chi connectivity index (χ2v) is 12.2. The number of thioether (sulfide) groups is 1. The lowest BCUT2D eigenvalue weighted by Crippen LogP contribution is -2.50. The predicted octanol–water partition coefficient (Wildman–Crippen LogP) is 1.76. The van der Waals surface area contributed by atoms with Gasteiger partial charge in [0.25, 0.3) is 0 Å². The number of nitrogens with one attached hydrogen (secondary N) is 2. The SMILES string of the molecule is COC(=O)CCNC(=O)[C@@H]1OP(=O)(OCOC(=O)N[C@@H](CSC(=O)C(C)(C)C)C(=O)OC)OCC1(C)C. The van der Waals surface area contributed by atoms with Gasteiger partial charge in [-0.25, -0.2) is 18.7 Å². The van der Waals surface area contributed by atoms with Crippen LogP contribution in [0.5, 0.6) is 0 Å². The van der Waals surface area contributed by atoms with Crippen molar-refractivity contribution in [2.24, 2.45) is 10.8 Å². The smallest absolute Gasteiger partial charge is 0.469 e. The summed E-state index contributed by atoms with van der Waals surface area (Å²) in [5, 5.41) is 4.53. The summed E-state index contributed by atoms with van der Waals surface area (Å²) in [5.41, 5.74) is -1.56. The number of ether oxygens (including phenoxy) is 3. The van der Waals surface area contributed by atoms with Crippen molar-refractivity contribution in [1.29, 1.82) is 0 Å². The molecule has 1 saturated heterocycles. The van der Waals surface area contributed by atoms with Crippen LogP contribution in [0.4, 0.5) is 4.79 Å². The standard InChI is InChI=1S/C21H35N2O12PS/c1-20(2,3)18(27)37-10-13(17(26)31-7)23-19(28)32-12-34-36(29)33-11-21(4,5)15(35-36)16(25)22-9-8-14(24)30-6/h13,15H,8-12H2,1-7H3,(H,22,25)(H,23,28)/t13-,15-,36?/m0/s1. The van der Waals surface area contributed by atoms with E-state index >= 15 is 0 Å². The quantitative estimate of drug-likeness (QED) is 0.159. The number of rotatable bonds is 11. The zero-order valence-corrected chi connectivity index (χ0v) is 23.7. The molecule has 1 aliphatic heterocycles. The van der Waals surface area contributed by atoms with Crippen LogP contribution in [0.25, 0.3) is 0 Å². The van der Waals surface area contributed by atoms with Crippen LogP contribution in [-0.2, 0) is 51.5 Å². The van der Waals surface area contributed by atoms with E-state index in [9.17, 15) is 28.5 Å². The fraction of sp³-hybridized carbons (Fsp3) is 0.762. The van der Waals surface area contributed by atoms with Crippen molar-refractivity contribution in [2.45, 2.75) is 53.2 Å². The number of carbonyl (C=O) groups is 5. The van der Waals surface area contributed by atoms with Crippen LogP contribution in [0.2, 0.25) is 0 Å². The molecule has 0 radical (unpaired) electrons. The third-order valence-corrected chi connectivity index (χ3v) is 7.52. The van der Waals surface area contributed by atoms with Gasteiger partial charge in [0.15, 0.2) is 11.2 Å². The van der Waals surface area contributed by atoms with E-state index in [0.717, 1.165) is 18.9 Å². The van der Waals surface area contributed by atoms with Crippen LogP contribution in [0.1, 0.15) is 41.0 Å². The molecule has 3 atom stereocenters. The van der Waals surface area contributed by atoms with Gasteiger partial charge in [-0.2, -0.15) is 0 Å². The van der Waals surface area contributed by atoms with Crippen molar-refractivity contribution in [1.82, 2.24) is 10.6 Å². The number of methoxy groups -OCH3 is 2. The maximum Gasteiger partial charge on any atom is 0.478 e. The van der Waals surface area contributed by atoms with Gasteiger partial charge in [-0.05, 0) is 0 Å². The average molecular weight is 571 g/mol. The summed E-state index contributed by atoms with van der Waals surface area (Å²) in [6.07, 6.45) is -2.46. The predicted molar refractivity (Wildman–Crippen MR) is 130 cm³/mol. The second kappa shape index (κ2) is 14.1. The van der Waals surface area contributed by atoms with E-state index in [1.807, 2.05) is 0 Å². The Morgan fingerprint density at radius 1 is 1.14 bits per heavy atom. The van der Waals surface area contributed by atoms with Crippen LogP contribution in [0, 0.1) is 10.8 Å². The molecule has 1 unspecified atom stereocenters. The van der Waals surface area contributed by atoms with Gasteiger partial charge < -0.3 is 24.8 Å². The Labute approximate surface area is 219 Å². The number of hydrogen-bond acceptors (Lipinski definition) is 13. The fourth-order valence-electron chi connectivity index (χ4n) is 2.59. The minimum Gasteiger partial charge on any atom is -0.469 e. The molecule has 0 spiro atoms. The molecule has 14 nitrogen and oxygen atoms in total. The first-order valence-electron chi connectivity index (χ1n) is 11.1. The maximum absolute atomic E-state index is 12.8. The lowest BCUT2D eigenvalue weighted by atomic mass is 9.87. The lowest BCUT2D eigenvalue weighted by Gasteiger charge is -2.39. The Hall–Kier alpha value is -2.19. The van der Waals surface area contributed by atoms with Gasteiger partial charge in [0.2, 0.25) is 12.7 Å². The van der Waals surface area contributed by atoms with Crippen molar-refractivity contribution in [2.75, 3.05) is 39.9 Å². The zero-order valence-electron chi connectivity index (χ0n) is 21.9. The average Bonchev–Trinajstić information content (AvgIpc) is 2.81. The number of esters is 2. The Kier molecular flexibility index (Phi) is 12.5. The van der Waals surface area contributed by atoms with Crippen LogP contribution in [-0.4, -0.2) is 81.1 Å². The number of hydrogen-bond donors (Lipinski definition) is 2. The van der Waals surface area contributed by atoms with Crippen molar-refractivity contribution < 1.29 is 56.3 Å². The third kappa shape index (κ3) is 11.0. The van der Waals surface area contributed by atoms with Crippen molar-refractivity contribution in [3.05, 3.63) is 0 Å². The molecule has 1 fully saturated rings. The molecule has 0 aliphatic carbocycles. The molecule has 1 rings (SSSR count). The molecule has 1 aliphatic rings. The summed E-state index contributed by atoms with van der Waals surface area (Å²) in [5.74, 6) is -2.08. The molecular weight excluding hydrogens is 535 g/mol. The molecule has 0 saturated carbocycles. The number of carbonyl (C=O) groups excluding carboxylic acids is 5. The van der Waals surface area contributed by atoms with Crippen LogP contribution in [0.3, 0.4) is 0 Å². The molecule has 0 aromatic carbocycles. The monoisotopic (exact) mass is 570 g/mol. The van der Waals surface area contributed by atoms with E-state index in [-0.39, 0.29) is 30.4 Å². The first-order valence-corrected chi connectivity index (χ1v) is 13.6. The van der Waals surface area contributed by atoms with E-state index in [1.165, 1.54) is 7.11 Å². The Bertz CT molecular complexity index is 904. The van der Waals surface area contributed by atoms with Crippen molar-refractivity contribution >= 4 is 48.6 Å². The largest absolute Gasteiger partial charge is 0.478 e. The minimum absolute atomic E-state index is 0.0300. The number of phosphoric ester groups is 1. The highest BCUT2D eigenvalue weighted by molar-refractivity contribution is 8.13. The normalized spacial score (nSPS) is 21.8.